The van der Waals surface area contributed by atoms with Gasteiger partial charge in [-0.1, -0.05) is 6.07 Å². The molecule has 20 heavy (non-hydrogen) atoms. The van der Waals surface area contributed by atoms with Crippen LogP contribution in [0.15, 0.2) is 23.1 Å². The van der Waals surface area contributed by atoms with Gasteiger partial charge < -0.3 is 0 Å². The average Bonchev–Trinajstić information content (AvgIpc) is 2.72. The van der Waals surface area contributed by atoms with Crippen molar-refractivity contribution in [2.75, 3.05) is 4.72 Å². The number of benzene rings is 1. The number of aromatic nitrogens is 2. The van der Waals surface area contributed by atoms with Crippen LogP contribution in [-0.2, 0) is 10.0 Å². The van der Waals surface area contributed by atoms with E-state index in [1.807, 2.05) is 6.07 Å². The van der Waals surface area contributed by atoms with Crippen molar-refractivity contribution in [3.05, 3.63) is 40.8 Å². The van der Waals surface area contributed by atoms with Gasteiger partial charge in [-0.25, -0.2) is 12.8 Å². The van der Waals surface area contributed by atoms with E-state index in [0.29, 0.717) is 11.3 Å². The molecule has 104 valence electrons. The number of hydrogen-bond donors (Lipinski definition) is 2. The van der Waals surface area contributed by atoms with Crippen molar-refractivity contribution in [2.24, 2.45) is 0 Å². The zero-order valence-electron chi connectivity index (χ0n) is 10.7. The van der Waals surface area contributed by atoms with Crippen LogP contribution in [0.5, 0.6) is 0 Å². The summed E-state index contributed by atoms with van der Waals surface area (Å²) >= 11 is 0. The number of sulfonamides is 1. The molecule has 2 aromatic rings. The molecule has 0 radical (unpaired) electrons. The quantitative estimate of drug-likeness (QED) is 0.902. The molecule has 0 unspecified atom stereocenters. The van der Waals surface area contributed by atoms with Crippen LogP contribution in [0, 0.1) is 31.0 Å². The van der Waals surface area contributed by atoms with Crippen LogP contribution in [0.3, 0.4) is 0 Å². The molecule has 2 rings (SSSR count). The molecule has 0 atom stereocenters. The van der Waals surface area contributed by atoms with Gasteiger partial charge in [0.05, 0.1) is 10.6 Å². The number of rotatable bonds is 3. The third-order valence-electron chi connectivity index (χ3n) is 2.74. The van der Waals surface area contributed by atoms with Crippen LogP contribution in [0.1, 0.15) is 16.8 Å². The number of anilines is 1. The molecule has 1 heterocycles. The van der Waals surface area contributed by atoms with E-state index in [2.05, 4.69) is 14.9 Å². The van der Waals surface area contributed by atoms with Crippen molar-refractivity contribution >= 4 is 15.8 Å². The Balaban J connectivity index is 2.41. The Morgan fingerprint density at radius 3 is 2.70 bits per heavy atom. The molecular formula is C12H11FN4O2S. The van der Waals surface area contributed by atoms with Gasteiger partial charge in [0.2, 0.25) is 0 Å². The Bertz CT molecular complexity index is 805. The van der Waals surface area contributed by atoms with Crippen LogP contribution in [0.2, 0.25) is 0 Å². The fourth-order valence-electron chi connectivity index (χ4n) is 1.57. The molecule has 0 aliphatic rings. The van der Waals surface area contributed by atoms with Crippen molar-refractivity contribution in [1.29, 1.82) is 5.26 Å². The monoisotopic (exact) mass is 294 g/mol. The molecule has 0 saturated heterocycles. The third kappa shape index (κ3) is 2.48. The highest BCUT2D eigenvalue weighted by molar-refractivity contribution is 7.92. The van der Waals surface area contributed by atoms with E-state index in [9.17, 15) is 12.8 Å². The molecule has 1 aromatic carbocycles. The highest BCUT2D eigenvalue weighted by Gasteiger charge is 2.20. The molecule has 0 bridgehead atoms. The highest BCUT2D eigenvalue weighted by Crippen LogP contribution is 2.20. The molecule has 8 heteroatoms. The Labute approximate surface area is 115 Å². The second-order valence-electron chi connectivity index (χ2n) is 4.20. The molecule has 0 spiro atoms. The molecule has 1 aromatic heterocycles. The van der Waals surface area contributed by atoms with Gasteiger partial charge in [-0.2, -0.15) is 10.4 Å². The number of aryl methyl sites for hydroxylation is 2. The van der Waals surface area contributed by atoms with Crippen LogP contribution in [0.4, 0.5) is 10.2 Å². The van der Waals surface area contributed by atoms with E-state index in [1.54, 1.807) is 6.92 Å². The molecule has 0 amide bonds. The molecule has 2 N–H and O–H groups in total. The van der Waals surface area contributed by atoms with E-state index >= 15 is 0 Å². The van der Waals surface area contributed by atoms with Gasteiger partial charge in [0.15, 0.2) is 5.82 Å². The number of hydrogen-bond acceptors (Lipinski definition) is 4. The summed E-state index contributed by atoms with van der Waals surface area (Å²) in [7, 11) is -4.00. The van der Waals surface area contributed by atoms with E-state index in [-0.39, 0.29) is 16.3 Å². The maximum Gasteiger partial charge on any atom is 0.263 e. The van der Waals surface area contributed by atoms with Gasteiger partial charge >= 0.3 is 0 Å². The summed E-state index contributed by atoms with van der Waals surface area (Å²) in [6, 6.07) is 5.41. The van der Waals surface area contributed by atoms with E-state index < -0.39 is 15.8 Å². The predicted molar refractivity (Wildman–Crippen MR) is 70.0 cm³/mol. The minimum Gasteiger partial charge on any atom is -0.279 e. The SMILES string of the molecule is Cc1ccc(S(=O)(=O)Nc2n[nH]c(C)c2C#N)cc1F. The Hall–Kier alpha value is -2.40. The summed E-state index contributed by atoms with van der Waals surface area (Å²) < 4.78 is 39.8. The van der Waals surface area contributed by atoms with Crippen LogP contribution >= 0.6 is 0 Å². The maximum atomic E-state index is 13.4. The largest absolute Gasteiger partial charge is 0.279 e. The summed E-state index contributed by atoms with van der Waals surface area (Å²) in [5, 5.41) is 15.1. The molecule has 0 saturated carbocycles. The van der Waals surface area contributed by atoms with Gasteiger partial charge in [-0.3, -0.25) is 9.82 Å². The van der Waals surface area contributed by atoms with Crippen molar-refractivity contribution in [1.82, 2.24) is 10.2 Å². The smallest absolute Gasteiger partial charge is 0.263 e. The summed E-state index contributed by atoms with van der Waals surface area (Å²) in [6.07, 6.45) is 0. The van der Waals surface area contributed by atoms with Crippen LogP contribution in [0.25, 0.3) is 0 Å². The normalized spacial score (nSPS) is 11.1. The number of nitriles is 1. The van der Waals surface area contributed by atoms with Crippen molar-refractivity contribution in [3.8, 4) is 6.07 Å². The van der Waals surface area contributed by atoms with E-state index in [4.69, 9.17) is 5.26 Å². The van der Waals surface area contributed by atoms with E-state index in [0.717, 1.165) is 6.07 Å². The highest BCUT2D eigenvalue weighted by atomic mass is 32.2. The number of nitrogens with one attached hydrogen (secondary N) is 2. The van der Waals surface area contributed by atoms with Gasteiger partial charge in [0, 0.05) is 0 Å². The molecule has 0 fully saturated rings. The number of halogens is 1. The topological polar surface area (TPSA) is 98.6 Å². The third-order valence-corrected chi connectivity index (χ3v) is 4.08. The molecule has 0 aliphatic heterocycles. The fraction of sp³-hybridized carbons (Fsp3) is 0.167. The first-order valence-corrected chi connectivity index (χ1v) is 7.07. The first kappa shape index (κ1) is 14.0. The van der Waals surface area contributed by atoms with Crippen LogP contribution in [-0.4, -0.2) is 18.6 Å². The zero-order chi connectivity index (χ0) is 14.9. The van der Waals surface area contributed by atoms with Crippen molar-refractivity contribution < 1.29 is 12.8 Å². The van der Waals surface area contributed by atoms with Gasteiger partial charge in [0.25, 0.3) is 10.0 Å². The van der Waals surface area contributed by atoms with Gasteiger partial charge in [0.1, 0.15) is 17.4 Å². The summed E-state index contributed by atoms with van der Waals surface area (Å²) in [5.74, 6) is -0.724. The lowest BCUT2D eigenvalue weighted by atomic mass is 10.2. The number of aromatic amines is 1. The maximum absolute atomic E-state index is 13.4. The number of nitrogens with zero attached hydrogens (tertiary/aromatic N) is 2. The predicted octanol–water partition coefficient (Wildman–Crippen LogP) is 1.84. The Morgan fingerprint density at radius 1 is 1.40 bits per heavy atom. The van der Waals surface area contributed by atoms with Crippen LogP contribution < -0.4 is 4.72 Å². The lowest BCUT2D eigenvalue weighted by molar-refractivity contribution is 0.593. The van der Waals surface area contributed by atoms with Gasteiger partial charge in [-0.15, -0.1) is 0 Å². The second kappa shape index (κ2) is 4.94. The van der Waals surface area contributed by atoms with E-state index in [1.165, 1.54) is 19.1 Å². The first-order chi connectivity index (χ1) is 9.35. The minimum atomic E-state index is -4.00. The molecule has 0 aliphatic carbocycles. The lowest BCUT2D eigenvalue weighted by Crippen LogP contribution is -2.14. The van der Waals surface area contributed by atoms with Crippen molar-refractivity contribution in [3.63, 3.8) is 0 Å². The fourth-order valence-corrected chi connectivity index (χ4v) is 2.59. The minimum absolute atomic E-state index is 0.0983. The zero-order valence-corrected chi connectivity index (χ0v) is 11.5. The van der Waals surface area contributed by atoms with Crippen molar-refractivity contribution in [2.45, 2.75) is 18.7 Å². The summed E-state index contributed by atoms with van der Waals surface area (Å²) in [6.45, 7) is 3.12. The molecule has 6 nitrogen and oxygen atoms in total. The number of H-pyrrole nitrogens is 1. The average molecular weight is 294 g/mol. The summed E-state index contributed by atoms with van der Waals surface area (Å²) in [4.78, 5) is -0.231. The lowest BCUT2D eigenvalue weighted by Gasteiger charge is -2.06. The Morgan fingerprint density at radius 2 is 2.10 bits per heavy atom. The second-order valence-corrected chi connectivity index (χ2v) is 5.88. The standard InChI is InChI=1S/C12H11FN4O2S/c1-7-3-4-9(5-11(7)13)20(18,19)17-12-10(6-14)8(2)15-16-12/h3-5H,1-2H3,(H2,15,16,17). The van der Waals surface area contributed by atoms with Gasteiger partial charge in [-0.05, 0) is 31.5 Å². The molecular weight excluding hydrogens is 283 g/mol. The summed E-state index contributed by atoms with van der Waals surface area (Å²) in [5.41, 5.74) is 0.888. The Kier molecular flexibility index (Phi) is 3.46. The first-order valence-electron chi connectivity index (χ1n) is 5.59.